The summed E-state index contributed by atoms with van der Waals surface area (Å²) in [5.74, 6) is -1.48. The summed E-state index contributed by atoms with van der Waals surface area (Å²) in [7, 11) is 1.18. The molecule has 1 aromatic rings. The molecule has 0 radical (unpaired) electrons. The first-order valence-electron chi connectivity index (χ1n) is 4.28. The molecule has 82 valence electrons. The standard InChI is InChI=1S/C10H11FO4/c1-15-10(14)5-9(13)7-4-6(11)2-3-8(7)12/h2-4,9,12-13H,5H2,1H3/t9-/m1/s1. The zero-order valence-electron chi connectivity index (χ0n) is 8.11. The lowest BCUT2D eigenvalue weighted by molar-refractivity contribution is -0.142. The molecule has 1 aromatic carbocycles. The van der Waals surface area contributed by atoms with Gasteiger partial charge in [0.15, 0.2) is 0 Å². The zero-order valence-corrected chi connectivity index (χ0v) is 8.11. The Balaban J connectivity index is 2.85. The van der Waals surface area contributed by atoms with Gasteiger partial charge in [-0.3, -0.25) is 4.79 Å². The minimum atomic E-state index is -1.27. The summed E-state index contributed by atoms with van der Waals surface area (Å²) in [5, 5.41) is 18.8. The van der Waals surface area contributed by atoms with Crippen molar-refractivity contribution >= 4 is 5.97 Å². The second kappa shape index (κ2) is 4.75. The molecular formula is C10H11FO4. The average molecular weight is 214 g/mol. The van der Waals surface area contributed by atoms with E-state index in [2.05, 4.69) is 4.74 Å². The van der Waals surface area contributed by atoms with Crippen molar-refractivity contribution in [3.05, 3.63) is 29.6 Å². The summed E-state index contributed by atoms with van der Waals surface area (Å²) in [5.41, 5.74) is -0.0274. The van der Waals surface area contributed by atoms with E-state index in [1.165, 1.54) is 7.11 Å². The van der Waals surface area contributed by atoms with Gasteiger partial charge in [-0.05, 0) is 18.2 Å². The maximum Gasteiger partial charge on any atom is 0.308 e. The van der Waals surface area contributed by atoms with Crippen molar-refractivity contribution in [3.8, 4) is 5.75 Å². The number of phenolic OH excluding ortho intramolecular Hbond substituents is 1. The fourth-order valence-corrected chi connectivity index (χ4v) is 1.14. The van der Waals surface area contributed by atoms with Crippen molar-refractivity contribution in [2.45, 2.75) is 12.5 Å². The van der Waals surface area contributed by atoms with Gasteiger partial charge in [0, 0.05) is 5.56 Å². The first kappa shape index (κ1) is 11.5. The van der Waals surface area contributed by atoms with Gasteiger partial charge in [-0.1, -0.05) is 0 Å². The predicted octanol–water partition coefficient (Wildman–Crippen LogP) is 1.13. The van der Waals surface area contributed by atoms with E-state index in [9.17, 15) is 19.4 Å². The van der Waals surface area contributed by atoms with Gasteiger partial charge in [0.2, 0.25) is 0 Å². The Hall–Kier alpha value is -1.62. The maximum absolute atomic E-state index is 12.8. The number of esters is 1. The van der Waals surface area contributed by atoms with Crippen molar-refractivity contribution in [2.75, 3.05) is 7.11 Å². The van der Waals surface area contributed by atoms with Gasteiger partial charge in [0.1, 0.15) is 11.6 Å². The molecule has 0 heterocycles. The van der Waals surface area contributed by atoms with Crippen LogP contribution < -0.4 is 0 Å². The lowest BCUT2D eigenvalue weighted by atomic mass is 10.1. The summed E-state index contributed by atoms with van der Waals surface area (Å²) in [6.45, 7) is 0. The van der Waals surface area contributed by atoms with Gasteiger partial charge < -0.3 is 14.9 Å². The molecule has 0 saturated heterocycles. The molecule has 4 nitrogen and oxygen atoms in total. The van der Waals surface area contributed by atoms with Gasteiger partial charge in [0.05, 0.1) is 19.6 Å². The topological polar surface area (TPSA) is 66.8 Å². The fourth-order valence-electron chi connectivity index (χ4n) is 1.14. The molecule has 0 aromatic heterocycles. The summed E-state index contributed by atoms with van der Waals surface area (Å²) in [6, 6.07) is 3.15. The molecule has 0 unspecified atom stereocenters. The van der Waals surface area contributed by atoms with Gasteiger partial charge in [-0.15, -0.1) is 0 Å². The van der Waals surface area contributed by atoms with Crippen LogP contribution in [0.4, 0.5) is 4.39 Å². The van der Waals surface area contributed by atoms with E-state index in [0.29, 0.717) is 0 Å². The van der Waals surface area contributed by atoms with Crippen molar-refractivity contribution < 1.29 is 24.1 Å². The summed E-state index contributed by atoms with van der Waals surface area (Å²) >= 11 is 0. The highest BCUT2D eigenvalue weighted by Gasteiger charge is 2.17. The Kier molecular flexibility index (Phi) is 3.62. The van der Waals surface area contributed by atoms with Crippen LogP contribution in [0.1, 0.15) is 18.1 Å². The molecule has 0 spiro atoms. The number of rotatable bonds is 3. The molecule has 1 rings (SSSR count). The number of aliphatic hydroxyl groups is 1. The third kappa shape index (κ3) is 2.92. The highest BCUT2D eigenvalue weighted by Crippen LogP contribution is 2.27. The van der Waals surface area contributed by atoms with E-state index in [0.717, 1.165) is 18.2 Å². The van der Waals surface area contributed by atoms with Crippen LogP contribution in [0.5, 0.6) is 5.75 Å². The molecule has 0 aliphatic carbocycles. The van der Waals surface area contributed by atoms with Crippen LogP contribution >= 0.6 is 0 Å². The second-order valence-electron chi connectivity index (χ2n) is 3.00. The van der Waals surface area contributed by atoms with E-state index in [1.54, 1.807) is 0 Å². The van der Waals surface area contributed by atoms with E-state index < -0.39 is 17.9 Å². The number of hydrogen-bond acceptors (Lipinski definition) is 4. The predicted molar refractivity (Wildman–Crippen MR) is 49.7 cm³/mol. The summed E-state index contributed by atoms with van der Waals surface area (Å²) in [4.78, 5) is 10.8. The number of aliphatic hydroxyl groups excluding tert-OH is 1. The van der Waals surface area contributed by atoms with E-state index in [1.807, 2.05) is 0 Å². The average Bonchev–Trinajstić information content (AvgIpc) is 2.21. The van der Waals surface area contributed by atoms with Gasteiger partial charge in [0.25, 0.3) is 0 Å². The molecule has 15 heavy (non-hydrogen) atoms. The number of aromatic hydroxyl groups is 1. The first-order chi connectivity index (χ1) is 7.04. The Labute approximate surface area is 85.9 Å². The first-order valence-corrected chi connectivity index (χ1v) is 4.28. The van der Waals surface area contributed by atoms with Crippen molar-refractivity contribution in [1.82, 2.24) is 0 Å². The van der Waals surface area contributed by atoms with Crippen LogP contribution in [0, 0.1) is 5.82 Å². The summed E-state index contributed by atoms with van der Waals surface area (Å²) in [6.07, 6.45) is -1.60. The molecule has 0 bridgehead atoms. The molecule has 0 saturated carbocycles. The van der Waals surface area contributed by atoms with E-state index in [-0.39, 0.29) is 17.7 Å². The number of phenols is 1. The smallest absolute Gasteiger partial charge is 0.308 e. The van der Waals surface area contributed by atoms with Gasteiger partial charge in [-0.25, -0.2) is 4.39 Å². The Morgan fingerprint density at radius 1 is 1.60 bits per heavy atom. The van der Waals surface area contributed by atoms with Gasteiger partial charge >= 0.3 is 5.97 Å². The van der Waals surface area contributed by atoms with Crippen molar-refractivity contribution in [1.29, 1.82) is 0 Å². The van der Waals surface area contributed by atoms with Crippen LogP contribution in [0.25, 0.3) is 0 Å². The van der Waals surface area contributed by atoms with Crippen LogP contribution in [0.2, 0.25) is 0 Å². The molecule has 1 atom stereocenters. The number of halogens is 1. The number of carbonyl (C=O) groups is 1. The number of ether oxygens (including phenoxy) is 1. The Morgan fingerprint density at radius 2 is 2.27 bits per heavy atom. The Bertz CT molecular complexity index is 364. The fraction of sp³-hybridized carbons (Fsp3) is 0.300. The zero-order chi connectivity index (χ0) is 11.4. The number of benzene rings is 1. The SMILES string of the molecule is COC(=O)C[C@@H](O)c1cc(F)ccc1O. The van der Waals surface area contributed by atoms with Crippen LogP contribution in [0.15, 0.2) is 18.2 Å². The third-order valence-electron chi connectivity index (χ3n) is 1.94. The molecule has 0 amide bonds. The molecule has 0 aliphatic rings. The lowest BCUT2D eigenvalue weighted by Crippen LogP contribution is -2.08. The van der Waals surface area contributed by atoms with Crippen LogP contribution in [0.3, 0.4) is 0 Å². The lowest BCUT2D eigenvalue weighted by Gasteiger charge is -2.11. The molecular weight excluding hydrogens is 203 g/mol. The minimum absolute atomic E-state index is 0.0274. The van der Waals surface area contributed by atoms with Gasteiger partial charge in [-0.2, -0.15) is 0 Å². The molecule has 0 aliphatic heterocycles. The van der Waals surface area contributed by atoms with Crippen molar-refractivity contribution in [2.24, 2.45) is 0 Å². The molecule has 5 heteroatoms. The van der Waals surface area contributed by atoms with E-state index in [4.69, 9.17) is 0 Å². The highest BCUT2D eigenvalue weighted by atomic mass is 19.1. The quantitative estimate of drug-likeness (QED) is 0.740. The van der Waals surface area contributed by atoms with Crippen LogP contribution in [-0.2, 0) is 9.53 Å². The molecule has 0 fully saturated rings. The summed E-state index contributed by atoms with van der Waals surface area (Å²) < 4.78 is 17.1. The number of hydrogen-bond donors (Lipinski definition) is 2. The monoisotopic (exact) mass is 214 g/mol. The second-order valence-corrected chi connectivity index (χ2v) is 3.00. The van der Waals surface area contributed by atoms with E-state index >= 15 is 0 Å². The van der Waals surface area contributed by atoms with Crippen LogP contribution in [-0.4, -0.2) is 23.3 Å². The highest BCUT2D eigenvalue weighted by molar-refractivity contribution is 5.70. The third-order valence-corrected chi connectivity index (χ3v) is 1.94. The minimum Gasteiger partial charge on any atom is -0.508 e. The Morgan fingerprint density at radius 3 is 2.87 bits per heavy atom. The normalized spacial score (nSPS) is 12.2. The molecule has 2 N–H and O–H groups in total. The maximum atomic E-state index is 12.8. The number of carbonyl (C=O) groups excluding carboxylic acids is 1. The number of methoxy groups -OCH3 is 1. The largest absolute Gasteiger partial charge is 0.508 e. The van der Waals surface area contributed by atoms with Crippen molar-refractivity contribution in [3.63, 3.8) is 0 Å².